The van der Waals surface area contributed by atoms with Crippen molar-refractivity contribution in [2.45, 2.75) is 57.9 Å². The third kappa shape index (κ3) is 4.09. The molecule has 1 N–H and O–H groups in total. The van der Waals surface area contributed by atoms with Crippen LogP contribution in [0.15, 0.2) is 24.0 Å². The molecule has 1 amide bonds. The maximum atomic E-state index is 12.4. The maximum absolute atomic E-state index is 12.4. The summed E-state index contributed by atoms with van der Waals surface area (Å²) in [5.74, 6) is 1.11. The number of nitrogens with zero attached hydrogens (tertiary/aromatic N) is 3. The highest BCUT2D eigenvalue weighted by Crippen LogP contribution is 2.20. The molecule has 1 aromatic rings. The van der Waals surface area contributed by atoms with Crippen molar-refractivity contribution in [1.29, 1.82) is 0 Å². The molecule has 1 aromatic heterocycles. The summed E-state index contributed by atoms with van der Waals surface area (Å²) in [4.78, 5) is 23.3. The van der Waals surface area contributed by atoms with E-state index in [2.05, 4.69) is 39.3 Å². The Bertz CT molecular complexity index is 584. The summed E-state index contributed by atoms with van der Waals surface area (Å²) >= 11 is 0. The second-order valence-corrected chi connectivity index (χ2v) is 6.45. The number of hydrogen-bond acceptors (Lipinski definition) is 4. The molecule has 0 spiro atoms. The summed E-state index contributed by atoms with van der Waals surface area (Å²) in [5.41, 5.74) is 2.04. The lowest BCUT2D eigenvalue weighted by Gasteiger charge is -2.34. The Morgan fingerprint density at radius 1 is 1.35 bits per heavy atom. The van der Waals surface area contributed by atoms with Gasteiger partial charge in [-0.2, -0.15) is 0 Å². The first-order valence-corrected chi connectivity index (χ1v) is 8.82. The number of nitrogens with one attached hydrogen (secondary N) is 1. The number of piperidine rings is 1. The first-order valence-electron chi connectivity index (χ1n) is 8.82. The average molecular weight is 314 g/mol. The molecule has 2 aliphatic rings. The number of aryl methyl sites for hydroxylation is 1. The maximum Gasteiger partial charge on any atom is 0.247 e. The average Bonchev–Trinajstić information content (AvgIpc) is 2.63. The minimum absolute atomic E-state index is 0.133. The Morgan fingerprint density at radius 3 is 3.04 bits per heavy atom. The molecule has 1 aliphatic carbocycles. The Morgan fingerprint density at radius 2 is 2.26 bits per heavy atom. The molecule has 0 bridgehead atoms. The van der Waals surface area contributed by atoms with Crippen molar-refractivity contribution in [2.24, 2.45) is 0 Å². The van der Waals surface area contributed by atoms with E-state index in [0.29, 0.717) is 0 Å². The second-order valence-electron chi connectivity index (χ2n) is 6.45. The van der Waals surface area contributed by atoms with Gasteiger partial charge in [0.25, 0.3) is 0 Å². The molecule has 2 heterocycles. The number of anilines is 1. The molecule has 0 saturated carbocycles. The molecule has 1 unspecified atom stereocenters. The molecule has 1 aliphatic heterocycles. The van der Waals surface area contributed by atoms with Crippen LogP contribution in [0.2, 0.25) is 0 Å². The standard InChI is InChI=1S/C18H26N4O/c1-2-15-11-17(20-13-19-15)22-10-6-9-16(12-22)21-18(23)14-7-4-3-5-8-14/h7,11,13,16H,2-6,8-10,12H2,1H3,(H,21,23). The van der Waals surface area contributed by atoms with Crippen molar-refractivity contribution in [3.63, 3.8) is 0 Å². The number of hydrogen-bond donors (Lipinski definition) is 1. The van der Waals surface area contributed by atoms with Crippen molar-refractivity contribution >= 4 is 11.7 Å². The van der Waals surface area contributed by atoms with Crippen LogP contribution in [0.25, 0.3) is 0 Å². The van der Waals surface area contributed by atoms with Crippen LogP contribution in [0.3, 0.4) is 0 Å². The highest BCUT2D eigenvalue weighted by molar-refractivity contribution is 5.93. The fraction of sp³-hybridized carbons (Fsp3) is 0.611. The molecule has 5 nitrogen and oxygen atoms in total. The number of carbonyl (C=O) groups excluding carboxylic acids is 1. The van der Waals surface area contributed by atoms with Crippen molar-refractivity contribution in [2.75, 3.05) is 18.0 Å². The first-order chi connectivity index (χ1) is 11.3. The van der Waals surface area contributed by atoms with Crippen LogP contribution in [0.1, 0.15) is 51.1 Å². The summed E-state index contributed by atoms with van der Waals surface area (Å²) in [6.07, 6.45) is 11.1. The fourth-order valence-electron chi connectivity index (χ4n) is 3.38. The Hall–Kier alpha value is -1.91. The summed E-state index contributed by atoms with van der Waals surface area (Å²) in [6.45, 7) is 3.93. The number of allylic oxidation sites excluding steroid dienone is 1. The third-order valence-corrected chi connectivity index (χ3v) is 4.73. The molecular weight excluding hydrogens is 288 g/mol. The van der Waals surface area contributed by atoms with Gasteiger partial charge in [-0.05, 0) is 44.9 Å². The van der Waals surface area contributed by atoms with E-state index in [-0.39, 0.29) is 11.9 Å². The summed E-state index contributed by atoms with van der Waals surface area (Å²) in [6, 6.07) is 2.27. The van der Waals surface area contributed by atoms with Gasteiger partial charge in [0.2, 0.25) is 5.91 Å². The van der Waals surface area contributed by atoms with E-state index in [1.807, 2.05) is 0 Å². The topological polar surface area (TPSA) is 58.1 Å². The van der Waals surface area contributed by atoms with E-state index in [1.54, 1.807) is 6.33 Å². The quantitative estimate of drug-likeness (QED) is 0.928. The van der Waals surface area contributed by atoms with Gasteiger partial charge >= 0.3 is 0 Å². The summed E-state index contributed by atoms with van der Waals surface area (Å²) in [5, 5.41) is 3.22. The van der Waals surface area contributed by atoms with Crippen LogP contribution in [0, 0.1) is 0 Å². The lowest BCUT2D eigenvalue weighted by atomic mass is 9.98. The van der Waals surface area contributed by atoms with Crippen LogP contribution < -0.4 is 10.2 Å². The molecule has 124 valence electrons. The third-order valence-electron chi connectivity index (χ3n) is 4.73. The number of rotatable bonds is 4. The van der Waals surface area contributed by atoms with Gasteiger partial charge in [0.15, 0.2) is 0 Å². The van der Waals surface area contributed by atoms with Gasteiger partial charge in [-0.3, -0.25) is 4.79 Å². The van der Waals surface area contributed by atoms with Gasteiger partial charge in [0.1, 0.15) is 12.1 Å². The molecule has 0 radical (unpaired) electrons. The van der Waals surface area contributed by atoms with E-state index in [0.717, 1.165) is 68.7 Å². The summed E-state index contributed by atoms with van der Waals surface area (Å²) < 4.78 is 0. The number of amides is 1. The predicted molar refractivity (Wildman–Crippen MR) is 91.3 cm³/mol. The van der Waals surface area contributed by atoms with E-state index in [4.69, 9.17) is 0 Å². The van der Waals surface area contributed by atoms with Crippen molar-refractivity contribution in [3.8, 4) is 0 Å². The highest BCUT2D eigenvalue weighted by Gasteiger charge is 2.24. The SMILES string of the molecule is CCc1cc(N2CCCC(NC(=O)C3=CCCCC3)C2)ncn1. The van der Waals surface area contributed by atoms with Crippen LogP contribution >= 0.6 is 0 Å². The monoisotopic (exact) mass is 314 g/mol. The second kappa shape index (κ2) is 7.57. The zero-order valence-corrected chi connectivity index (χ0v) is 13.9. The van der Waals surface area contributed by atoms with E-state index >= 15 is 0 Å². The number of carbonyl (C=O) groups is 1. The zero-order valence-electron chi connectivity index (χ0n) is 13.9. The Labute approximate surface area is 138 Å². The molecule has 1 saturated heterocycles. The van der Waals surface area contributed by atoms with Gasteiger partial charge in [0.05, 0.1) is 0 Å². The predicted octanol–water partition coefficient (Wildman–Crippen LogP) is 2.62. The van der Waals surface area contributed by atoms with Gasteiger partial charge in [-0.25, -0.2) is 9.97 Å². The smallest absolute Gasteiger partial charge is 0.247 e. The zero-order chi connectivity index (χ0) is 16.1. The molecule has 23 heavy (non-hydrogen) atoms. The van der Waals surface area contributed by atoms with E-state index in [9.17, 15) is 4.79 Å². The minimum atomic E-state index is 0.133. The molecule has 1 atom stereocenters. The normalized spacial score (nSPS) is 21.7. The van der Waals surface area contributed by atoms with Crippen molar-refractivity contribution < 1.29 is 4.79 Å². The molecule has 3 rings (SSSR count). The van der Waals surface area contributed by atoms with Crippen LogP contribution in [-0.4, -0.2) is 35.0 Å². The Kier molecular flexibility index (Phi) is 5.26. The first kappa shape index (κ1) is 16.0. The van der Waals surface area contributed by atoms with Gasteiger partial charge in [-0.1, -0.05) is 13.0 Å². The lowest BCUT2D eigenvalue weighted by molar-refractivity contribution is -0.118. The fourth-order valence-corrected chi connectivity index (χ4v) is 3.38. The lowest BCUT2D eigenvalue weighted by Crippen LogP contribution is -2.48. The molecule has 1 fully saturated rings. The van der Waals surface area contributed by atoms with Gasteiger partial charge in [0, 0.05) is 36.5 Å². The van der Waals surface area contributed by atoms with Gasteiger partial charge in [-0.15, -0.1) is 0 Å². The van der Waals surface area contributed by atoms with Crippen molar-refractivity contribution in [3.05, 3.63) is 29.7 Å². The minimum Gasteiger partial charge on any atom is -0.354 e. The van der Waals surface area contributed by atoms with Crippen LogP contribution in [0.5, 0.6) is 0 Å². The van der Waals surface area contributed by atoms with Crippen LogP contribution in [0.4, 0.5) is 5.82 Å². The largest absolute Gasteiger partial charge is 0.354 e. The van der Waals surface area contributed by atoms with E-state index < -0.39 is 0 Å². The van der Waals surface area contributed by atoms with Crippen LogP contribution in [-0.2, 0) is 11.2 Å². The Balaban J connectivity index is 1.61. The summed E-state index contributed by atoms with van der Waals surface area (Å²) in [7, 11) is 0. The molecule has 5 heteroatoms. The highest BCUT2D eigenvalue weighted by atomic mass is 16.1. The molecule has 0 aromatic carbocycles. The van der Waals surface area contributed by atoms with Crippen molar-refractivity contribution in [1.82, 2.24) is 15.3 Å². The molecular formula is C18H26N4O. The van der Waals surface area contributed by atoms with Gasteiger partial charge < -0.3 is 10.2 Å². The number of aromatic nitrogens is 2. The van der Waals surface area contributed by atoms with E-state index in [1.165, 1.54) is 6.42 Å².